The Balaban J connectivity index is 2.15. The van der Waals surface area contributed by atoms with Crippen LogP contribution in [0.1, 0.15) is 25.7 Å². The van der Waals surface area contributed by atoms with Gasteiger partial charge in [0.05, 0.1) is 4.90 Å². The number of hydrogen-bond acceptors (Lipinski definition) is 4. The topological polar surface area (TPSA) is 92.5 Å². The van der Waals surface area contributed by atoms with Gasteiger partial charge in [0, 0.05) is 32.1 Å². The minimum Gasteiger partial charge on any atom is -0.354 e. The van der Waals surface area contributed by atoms with Crippen LogP contribution in [0.25, 0.3) is 0 Å². The monoisotopic (exact) mass is 343 g/mol. The van der Waals surface area contributed by atoms with Crippen molar-refractivity contribution in [2.45, 2.75) is 36.6 Å². The van der Waals surface area contributed by atoms with Gasteiger partial charge in [-0.2, -0.15) is 4.31 Å². The Bertz CT molecular complexity index is 651. The molecule has 1 amide bonds. The maximum absolute atomic E-state index is 13.3. The van der Waals surface area contributed by atoms with Crippen molar-refractivity contribution >= 4 is 15.9 Å². The molecule has 1 atom stereocenters. The Labute approximate surface area is 135 Å². The Morgan fingerprint density at radius 3 is 2.87 bits per heavy atom. The molecule has 2 rings (SSSR count). The molecule has 8 heteroatoms. The SMILES string of the molecule is NCCC(=O)NCC1CCCCN1S(=O)(=O)c1cccc(F)c1. The zero-order valence-electron chi connectivity index (χ0n) is 12.9. The average Bonchev–Trinajstić information content (AvgIpc) is 2.53. The van der Waals surface area contributed by atoms with Gasteiger partial charge in [-0.15, -0.1) is 0 Å². The van der Waals surface area contributed by atoms with Gasteiger partial charge in [-0.1, -0.05) is 12.5 Å². The molecule has 0 saturated carbocycles. The molecule has 0 bridgehead atoms. The van der Waals surface area contributed by atoms with Crippen molar-refractivity contribution in [1.29, 1.82) is 0 Å². The molecular formula is C15H22FN3O3S. The lowest BCUT2D eigenvalue weighted by Crippen LogP contribution is -2.49. The smallest absolute Gasteiger partial charge is 0.243 e. The van der Waals surface area contributed by atoms with Crippen LogP contribution in [0.5, 0.6) is 0 Å². The highest BCUT2D eigenvalue weighted by Gasteiger charge is 2.33. The van der Waals surface area contributed by atoms with Crippen molar-refractivity contribution in [3.63, 3.8) is 0 Å². The first-order valence-corrected chi connectivity index (χ1v) is 9.13. The number of nitrogens with zero attached hydrogens (tertiary/aromatic N) is 1. The molecule has 0 spiro atoms. The molecule has 1 unspecified atom stereocenters. The number of amides is 1. The summed E-state index contributed by atoms with van der Waals surface area (Å²) >= 11 is 0. The van der Waals surface area contributed by atoms with E-state index in [9.17, 15) is 17.6 Å². The number of sulfonamides is 1. The zero-order valence-corrected chi connectivity index (χ0v) is 13.7. The number of carbonyl (C=O) groups excluding carboxylic acids is 1. The number of nitrogens with one attached hydrogen (secondary N) is 1. The van der Waals surface area contributed by atoms with Crippen LogP contribution in [0.4, 0.5) is 4.39 Å². The summed E-state index contributed by atoms with van der Waals surface area (Å²) < 4.78 is 40.2. The normalized spacial score (nSPS) is 19.5. The summed E-state index contributed by atoms with van der Waals surface area (Å²) in [5.41, 5.74) is 5.32. The quantitative estimate of drug-likeness (QED) is 0.800. The van der Waals surface area contributed by atoms with Gasteiger partial charge in [0.25, 0.3) is 0 Å². The van der Waals surface area contributed by atoms with Crippen molar-refractivity contribution in [3.05, 3.63) is 30.1 Å². The summed E-state index contributed by atoms with van der Waals surface area (Å²) in [6.07, 6.45) is 2.52. The van der Waals surface area contributed by atoms with E-state index in [4.69, 9.17) is 5.73 Å². The van der Waals surface area contributed by atoms with Crippen molar-refractivity contribution < 1.29 is 17.6 Å². The van der Waals surface area contributed by atoms with Crippen LogP contribution in [0.3, 0.4) is 0 Å². The maximum Gasteiger partial charge on any atom is 0.243 e. The van der Waals surface area contributed by atoms with Crippen molar-refractivity contribution in [3.8, 4) is 0 Å². The second-order valence-electron chi connectivity index (χ2n) is 5.57. The van der Waals surface area contributed by atoms with E-state index in [1.54, 1.807) is 0 Å². The molecule has 23 heavy (non-hydrogen) atoms. The van der Waals surface area contributed by atoms with Crippen LogP contribution in [0.2, 0.25) is 0 Å². The summed E-state index contributed by atoms with van der Waals surface area (Å²) in [6.45, 7) is 0.867. The molecule has 0 radical (unpaired) electrons. The van der Waals surface area contributed by atoms with E-state index >= 15 is 0 Å². The minimum atomic E-state index is -3.78. The molecule has 1 fully saturated rings. The minimum absolute atomic E-state index is 0.0577. The van der Waals surface area contributed by atoms with E-state index in [0.717, 1.165) is 18.9 Å². The van der Waals surface area contributed by atoms with Crippen molar-refractivity contribution in [1.82, 2.24) is 9.62 Å². The van der Waals surface area contributed by atoms with Gasteiger partial charge in [-0.05, 0) is 31.0 Å². The van der Waals surface area contributed by atoms with E-state index in [2.05, 4.69) is 5.32 Å². The van der Waals surface area contributed by atoms with Crippen LogP contribution in [-0.2, 0) is 14.8 Å². The van der Waals surface area contributed by atoms with Crippen molar-refractivity contribution in [2.24, 2.45) is 5.73 Å². The lowest BCUT2D eigenvalue weighted by Gasteiger charge is -2.34. The highest BCUT2D eigenvalue weighted by molar-refractivity contribution is 7.89. The predicted molar refractivity (Wildman–Crippen MR) is 84.6 cm³/mol. The maximum atomic E-state index is 13.3. The molecule has 1 aliphatic heterocycles. The first-order chi connectivity index (χ1) is 10.9. The molecule has 1 aromatic rings. The Kier molecular flexibility index (Phi) is 6.09. The Morgan fingerprint density at radius 1 is 1.39 bits per heavy atom. The van der Waals surface area contributed by atoms with Crippen LogP contribution in [-0.4, -0.2) is 44.3 Å². The number of hydrogen-bond donors (Lipinski definition) is 2. The number of halogens is 1. The standard InChI is InChI=1S/C15H22FN3O3S/c16-12-4-3-6-14(10-12)23(21,22)19-9-2-1-5-13(19)11-18-15(20)7-8-17/h3-4,6,10,13H,1-2,5,7-9,11,17H2,(H,18,20). The molecule has 1 heterocycles. The second kappa shape index (κ2) is 7.85. The fourth-order valence-corrected chi connectivity index (χ4v) is 4.43. The van der Waals surface area contributed by atoms with Gasteiger partial charge in [-0.3, -0.25) is 4.79 Å². The van der Waals surface area contributed by atoms with Crippen molar-refractivity contribution in [2.75, 3.05) is 19.6 Å². The van der Waals surface area contributed by atoms with Crippen LogP contribution >= 0.6 is 0 Å². The number of benzene rings is 1. The number of rotatable bonds is 6. The summed E-state index contributed by atoms with van der Waals surface area (Å²) in [6, 6.07) is 4.67. The Morgan fingerprint density at radius 2 is 2.17 bits per heavy atom. The predicted octanol–water partition coefficient (Wildman–Crippen LogP) is 0.834. The molecule has 1 aromatic carbocycles. The zero-order chi connectivity index (χ0) is 16.9. The van der Waals surface area contributed by atoms with Crippen LogP contribution in [0.15, 0.2) is 29.2 Å². The molecule has 3 N–H and O–H groups in total. The van der Waals surface area contributed by atoms with Gasteiger partial charge < -0.3 is 11.1 Å². The van der Waals surface area contributed by atoms with E-state index in [1.807, 2.05) is 0 Å². The highest BCUT2D eigenvalue weighted by atomic mass is 32.2. The summed E-state index contributed by atoms with van der Waals surface area (Å²) in [4.78, 5) is 11.5. The fourth-order valence-electron chi connectivity index (χ4n) is 2.71. The largest absolute Gasteiger partial charge is 0.354 e. The first-order valence-electron chi connectivity index (χ1n) is 7.69. The van der Waals surface area contributed by atoms with E-state index in [1.165, 1.54) is 22.5 Å². The third-order valence-electron chi connectivity index (χ3n) is 3.88. The van der Waals surface area contributed by atoms with Crippen LogP contribution in [0, 0.1) is 5.82 Å². The molecule has 1 saturated heterocycles. The second-order valence-corrected chi connectivity index (χ2v) is 7.46. The molecule has 1 aliphatic rings. The fraction of sp³-hybridized carbons (Fsp3) is 0.533. The third-order valence-corrected chi connectivity index (χ3v) is 5.83. The van der Waals surface area contributed by atoms with Gasteiger partial charge in [0.2, 0.25) is 15.9 Å². The number of carbonyl (C=O) groups is 1. The lowest BCUT2D eigenvalue weighted by atomic mass is 10.1. The number of nitrogens with two attached hydrogens (primary N) is 1. The molecule has 0 aliphatic carbocycles. The highest BCUT2D eigenvalue weighted by Crippen LogP contribution is 2.25. The lowest BCUT2D eigenvalue weighted by molar-refractivity contribution is -0.121. The Hall–Kier alpha value is -1.51. The van der Waals surface area contributed by atoms with E-state index in [-0.39, 0.29) is 36.4 Å². The average molecular weight is 343 g/mol. The molecule has 128 valence electrons. The number of piperidine rings is 1. The summed E-state index contributed by atoms with van der Waals surface area (Å²) in [7, 11) is -3.78. The van der Waals surface area contributed by atoms with E-state index < -0.39 is 15.8 Å². The summed E-state index contributed by atoms with van der Waals surface area (Å²) in [5, 5.41) is 2.72. The first kappa shape index (κ1) is 17.8. The van der Waals surface area contributed by atoms with E-state index in [0.29, 0.717) is 13.0 Å². The third kappa shape index (κ3) is 4.49. The molecule has 0 aromatic heterocycles. The summed E-state index contributed by atoms with van der Waals surface area (Å²) in [5.74, 6) is -0.781. The van der Waals surface area contributed by atoms with Gasteiger partial charge >= 0.3 is 0 Å². The van der Waals surface area contributed by atoms with Gasteiger partial charge in [-0.25, -0.2) is 12.8 Å². The van der Waals surface area contributed by atoms with Crippen LogP contribution < -0.4 is 11.1 Å². The molecule has 6 nitrogen and oxygen atoms in total. The van der Waals surface area contributed by atoms with Gasteiger partial charge in [0.1, 0.15) is 5.82 Å². The van der Waals surface area contributed by atoms with Gasteiger partial charge in [0.15, 0.2) is 0 Å². The molecular weight excluding hydrogens is 321 g/mol.